The number of amides is 3. The van der Waals surface area contributed by atoms with Gasteiger partial charge in [0.1, 0.15) is 5.54 Å². The molecule has 1 fully saturated rings. The van der Waals surface area contributed by atoms with Gasteiger partial charge in [-0.25, -0.2) is 4.79 Å². The van der Waals surface area contributed by atoms with Crippen LogP contribution in [0.15, 0.2) is 53.0 Å². The van der Waals surface area contributed by atoms with Gasteiger partial charge in [0.15, 0.2) is 5.78 Å². The van der Waals surface area contributed by atoms with E-state index in [1.807, 2.05) is 18.2 Å². The van der Waals surface area contributed by atoms with Crippen molar-refractivity contribution in [2.24, 2.45) is 0 Å². The number of carbonyl (C=O) groups excluding carboxylic acids is 3. The molecule has 0 spiro atoms. The highest BCUT2D eigenvalue weighted by Crippen LogP contribution is 2.30. The molecule has 5 nitrogen and oxygen atoms in total. The molecule has 1 aliphatic rings. The second-order valence-corrected chi connectivity index (χ2v) is 8.23. The van der Waals surface area contributed by atoms with Crippen LogP contribution in [-0.2, 0) is 10.3 Å². The summed E-state index contributed by atoms with van der Waals surface area (Å²) in [6, 6.07) is 14.0. The van der Waals surface area contributed by atoms with Crippen molar-refractivity contribution < 1.29 is 14.4 Å². The van der Waals surface area contributed by atoms with Crippen molar-refractivity contribution in [3.8, 4) is 0 Å². The molecule has 2 atom stereocenters. The number of Topliss-reactive ketones (excluding diaryl/α,β-unsaturated/α-hetero) is 1. The minimum atomic E-state index is -1.19. The molecule has 6 heteroatoms. The third-order valence-electron chi connectivity index (χ3n) is 5.39. The molecule has 1 heterocycles. The largest absolute Gasteiger partial charge is 0.325 e. The lowest BCUT2D eigenvalue weighted by molar-refractivity contribution is -0.130. The van der Waals surface area contributed by atoms with Crippen LogP contribution in [0.25, 0.3) is 0 Å². The Morgan fingerprint density at radius 2 is 1.86 bits per heavy atom. The fraction of sp³-hybridized carbons (Fsp3) is 0.318. The molecule has 146 valence electrons. The summed E-state index contributed by atoms with van der Waals surface area (Å²) in [4.78, 5) is 39.1. The zero-order valence-corrected chi connectivity index (χ0v) is 17.7. The zero-order chi connectivity index (χ0) is 20.5. The van der Waals surface area contributed by atoms with Crippen LogP contribution in [0.4, 0.5) is 4.79 Å². The highest BCUT2D eigenvalue weighted by Gasteiger charge is 2.49. The number of hydrogen-bond donors (Lipinski definition) is 1. The van der Waals surface area contributed by atoms with Crippen molar-refractivity contribution in [2.45, 2.75) is 38.6 Å². The summed E-state index contributed by atoms with van der Waals surface area (Å²) in [5.74, 6) is -0.279. The van der Waals surface area contributed by atoms with E-state index in [1.54, 1.807) is 37.3 Å². The van der Waals surface area contributed by atoms with E-state index in [0.29, 0.717) is 17.0 Å². The molecule has 1 N–H and O–H groups in total. The first kappa shape index (κ1) is 20.3. The summed E-state index contributed by atoms with van der Waals surface area (Å²) >= 11 is 3.38. The first-order valence-corrected chi connectivity index (χ1v) is 10.1. The lowest BCUT2D eigenvalue weighted by atomic mass is 9.92. The van der Waals surface area contributed by atoms with E-state index < -0.39 is 17.5 Å². The molecule has 0 aromatic heterocycles. The Balaban J connectivity index is 1.78. The summed E-state index contributed by atoms with van der Waals surface area (Å²) in [6.07, 6.45) is 1.02. The number of halogens is 1. The Morgan fingerprint density at radius 3 is 2.46 bits per heavy atom. The maximum absolute atomic E-state index is 13.0. The van der Waals surface area contributed by atoms with Gasteiger partial charge in [-0.05, 0) is 42.5 Å². The van der Waals surface area contributed by atoms with Gasteiger partial charge in [-0.15, -0.1) is 0 Å². The molecule has 2 aromatic rings. The summed E-state index contributed by atoms with van der Waals surface area (Å²) in [6.45, 7) is 5.62. The molecule has 0 saturated carbocycles. The first-order chi connectivity index (χ1) is 13.3. The molecule has 1 aliphatic heterocycles. The smallest absolute Gasteiger partial charge is 0.319 e. The van der Waals surface area contributed by atoms with Crippen LogP contribution < -0.4 is 5.32 Å². The number of benzene rings is 2. The molecule has 28 heavy (non-hydrogen) atoms. The Morgan fingerprint density at radius 1 is 1.18 bits per heavy atom. The maximum Gasteiger partial charge on any atom is 0.325 e. The Labute approximate surface area is 173 Å². The molecule has 3 rings (SSSR count). The van der Waals surface area contributed by atoms with Crippen LogP contribution in [-0.4, -0.2) is 29.2 Å². The quantitative estimate of drug-likeness (QED) is 0.524. The second kappa shape index (κ2) is 7.87. The lowest BCUT2D eigenvalue weighted by Gasteiger charge is -2.22. The summed E-state index contributed by atoms with van der Waals surface area (Å²) in [5.41, 5.74) is 1.12. The summed E-state index contributed by atoms with van der Waals surface area (Å²) in [5, 5.41) is 2.73. The van der Waals surface area contributed by atoms with Gasteiger partial charge >= 0.3 is 6.03 Å². The zero-order valence-electron chi connectivity index (χ0n) is 16.2. The molecule has 0 radical (unpaired) electrons. The average molecular weight is 443 g/mol. The molecule has 0 bridgehead atoms. The minimum absolute atomic E-state index is 0.266. The van der Waals surface area contributed by atoms with Crippen molar-refractivity contribution in [2.75, 3.05) is 6.54 Å². The second-order valence-electron chi connectivity index (χ2n) is 7.31. The van der Waals surface area contributed by atoms with Gasteiger partial charge in [0, 0.05) is 10.0 Å². The van der Waals surface area contributed by atoms with Gasteiger partial charge in [-0.2, -0.15) is 0 Å². The SMILES string of the molecule is CC[C@@H](C)c1ccc(C(=O)CN2C(=O)N[C@](C)(c3cccc(Br)c3)C2=O)cc1. The Bertz CT molecular complexity index is 926. The van der Waals surface area contributed by atoms with Crippen LogP contribution in [0.2, 0.25) is 0 Å². The molecule has 3 amide bonds. The number of carbonyl (C=O) groups is 3. The fourth-order valence-corrected chi connectivity index (χ4v) is 3.70. The van der Waals surface area contributed by atoms with Crippen LogP contribution in [0.5, 0.6) is 0 Å². The molecular weight excluding hydrogens is 420 g/mol. The van der Waals surface area contributed by atoms with Crippen LogP contribution in [0.1, 0.15) is 54.6 Å². The van der Waals surface area contributed by atoms with Crippen molar-refractivity contribution in [1.29, 1.82) is 0 Å². The van der Waals surface area contributed by atoms with Gasteiger partial charge in [0.25, 0.3) is 5.91 Å². The predicted octanol–water partition coefficient (Wildman–Crippen LogP) is 4.61. The Kier molecular flexibility index (Phi) is 5.70. The van der Waals surface area contributed by atoms with E-state index in [1.165, 1.54) is 0 Å². The minimum Gasteiger partial charge on any atom is -0.319 e. The van der Waals surface area contributed by atoms with Gasteiger partial charge in [0.05, 0.1) is 6.54 Å². The van der Waals surface area contributed by atoms with Gasteiger partial charge in [-0.3, -0.25) is 14.5 Å². The van der Waals surface area contributed by atoms with E-state index in [9.17, 15) is 14.4 Å². The number of nitrogens with one attached hydrogen (secondary N) is 1. The third kappa shape index (κ3) is 3.74. The summed E-state index contributed by atoms with van der Waals surface area (Å²) < 4.78 is 0.809. The van der Waals surface area contributed by atoms with E-state index >= 15 is 0 Å². The van der Waals surface area contributed by atoms with E-state index in [2.05, 4.69) is 35.1 Å². The summed E-state index contributed by atoms with van der Waals surface area (Å²) in [7, 11) is 0. The van der Waals surface area contributed by atoms with Crippen LogP contribution in [0.3, 0.4) is 0 Å². The average Bonchev–Trinajstić information content (AvgIpc) is 2.91. The maximum atomic E-state index is 13.0. The van der Waals surface area contributed by atoms with Gasteiger partial charge in [0.2, 0.25) is 0 Å². The number of ketones is 1. The fourth-order valence-electron chi connectivity index (χ4n) is 3.30. The first-order valence-electron chi connectivity index (χ1n) is 9.29. The van der Waals surface area contributed by atoms with Gasteiger partial charge in [-0.1, -0.05) is 66.2 Å². The van der Waals surface area contributed by atoms with E-state index in [4.69, 9.17) is 0 Å². The number of nitrogens with zero attached hydrogens (tertiary/aromatic N) is 1. The topological polar surface area (TPSA) is 66.5 Å². The normalized spacial score (nSPS) is 20.2. The van der Waals surface area contributed by atoms with Gasteiger partial charge < -0.3 is 5.32 Å². The van der Waals surface area contributed by atoms with Crippen molar-refractivity contribution in [1.82, 2.24) is 10.2 Å². The number of imide groups is 1. The number of rotatable bonds is 6. The lowest BCUT2D eigenvalue weighted by Crippen LogP contribution is -2.41. The molecule has 1 saturated heterocycles. The van der Waals surface area contributed by atoms with E-state index in [0.717, 1.165) is 21.4 Å². The van der Waals surface area contributed by atoms with Crippen molar-refractivity contribution >= 4 is 33.7 Å². The number of hydrogen-bond acceptors (Lipinski definition) is 3. The predicted molar refractivity (Wildman–Crippen MR) is 111 cm³/mol. The molecular formula is C22H23BrN2O3. The highest BCUT2D eigenvalue weighted by molar-refractivity contribution is 9.10. The van der Waals surface area contributed by atoms with E-state index in [-0.39, 0.29) is 12.3 Å². The third-order valence-corrected chi connectivity index (χ3v) is 5.89. The van der Waals surface area contributed by atoms with Crippen molar-refractivity contribution in [3.63, 3.8) is 0 Å². The molecule has 0 aliphatic carbocycles. The van der Waals surface area contributed by atoms with Crippen molar-refractivity contribution in [3.05, 3.63) is 69.7 Å². The van der Waals surface area contributed by atoms with Crippen LogP contribution in [0, 0.1) is 0 Å². The monoisotopic (exact) mass is 442 g/mol. The standard InChI is InChI=1S/C22H23BrN2O3/c1-4-14(2)15-8-10-16(11-9-15)19(26)13-25-20(27)22(3,24-21(25)28)17-6-5-7-18(23)12-17/h5-12,14H,4,13H2,1-3H3,(H,24,28)/t14-,22-/m1/s1. The highest BCUT2D eigenvalue weighted by atomic mass is 79.9. The van der Waals surface area contributed by atoms with Crippen LogP contribution >= 0.6 is 15.9 Å². The Hall–Kier alpha value is -2.47. The molecule has 2 aromatic carbocycles. The molecule has 0 unspecified atom stereocenters. The number of urea groups is 1.